The molecule has 2 amide bonds. The van der Waals surface area contributed by atoms with Gasteiger partial charge in [0.15, 0.2) is 12.3 Å². The third-order valence-corrected chi connectivity index (χ3v) is 3.40. The number of esters is 1. The molecule has 1 N–H and O–H groups in total. The first-order valence-electron chi connectivity index (χ1n) is 7.38. The first-order chi connectivity index (χ1) is 11.5. The topological polar surface area (TPSA) is 112 Å². The van der Waals surface area contributed by atoms with Gasteiger partial charge in [-0.05, 0) is 0 Å². The third kappa shape index (κ3) is 4.69. The van der Waals surface area contributed by atoms with Crippen LogP contribution in [0.4, 0.5) is 0 Å². The molecule has 24 heavy (non-hydrogen) atoms. The van der Waals surface area contributed by atoms with Crippen molar-refractivity contribution in [2.45, 2.75) is 0 Å². The summed E-state index contributed by atoms with van der Waals surface area (Å²) in [7, 11) is 2.82. The number of hydrogen-bond donors (Lipinski definition) is 1. The number of aromatic nitrogens is 2. The number of rotatable bonds is 6. The van der Waals surface area contributed by atoms with Gasteiger partial charge < -0.3 is 24.4 Å². The van der Waals surface area contributed by atoms with E-state index in [1.165, 1.54) is 17.9 Å². The van der Waals surface area contributed by atoms with Crippen molar-refractivity contribution in [2.24, 2.45) is 7.05 Å². The molecule has 0 bridgehead atoms. The van der Waals surface area contributed by atoms with Crippen LogP contribution in [0.2, 0.25) is 0 Å². The average molecular weight is 340 g/mol. The molecule has 10 nitrogen and oxygen atoms in total. The zero-order chi connectivity index (χ0) is 17.5. The molecule has 0 aliphatic carbocycles. The van der Waals surface area contributed by atoms with Crippen molar-refractivity contribution in [3.8, 4) is 5.88 Å². The van der Waals surface area contributed by atoms with Gasteiger partial charge in [0.05, 0.1) is 20.3 Å². The fourth-order valence-electron chi connectivity index (χ4n) is 2.05. The van der Waals surface area contributed by atoms with Gasteiger partial charge in [0.2, 0.25) is 5.88 Å². The molecule has 0 radical (unpaired) electrons. The monoisotopic (exact) mass is 340 g/mol. The molecule has 1 aliphatic heterocycles. The maximum atomic E-state index is 12.0. The molecule has 2 heterocycles. The van der Waals surface area contributed by atoms with Crippen molar-refractivity contribution in [2.75, 3.05) is 46.6 Å². The highest BCUT2D eigenvalue weighted by molar-refractivity contribution is 5.94. The van der Waals surface area contributed by atoms with E-state index in [0.717, 1.165) is 0 Å². The minimum Gasteiger partial charge on any atom is -0.468 e. The Morgan fingerprint density at radius 3 is 2.71 bits per heavy atom. The minimum atomic E-state index is -0.563. The molecule has 0 atom stereocenters. The van der Waals surface area contributed by atoms with Crippen molar-refractivity contribution in [3.63, 3.8) is 0 Å². The second-order valence-corrected chi connectivity index (χ2v) is 5.03. The molecule has 1 aromatic heterocycles. The molecular formula is C14H20N4O6. The molecule has 0 saturated carbocycles. The molecule has 0 unspecified atom stereocenters. The number of hydrogen-bond acceptors (Lipinski definition) is 7. The second-order valence-electron chi connectivity index (χ2n) is 5.03. The van der Waals surface area contributed by atoms with Crippen LogP contribution in [0.25, 0.3) is 0 Å². The van der Waals surface area contributed by atoms with E-state index in [1.807, 2.05) is 0 Å². The molecule has 132 valence electrons. The number of nitrogens with one attached hydrogen (secondary N) is 1. The van der Waals surface area contributed by atoms with Crippen LogP contribution in [0.3, 0.4) is 0 Å². The second kappa shape index (κ2) is 8.29. The largest absolute Gasteiger partial charge is 0.468 e. The maximum absolute atomic E-state index is 12.0. The standard InChI is InChI=1S/C14H20N4O6/c1-17-12(24-9-11(19)18-3-5-23-6-4-18)7-10(16-17)14(21)15-8-13(20)22-2/h7H,3-6,8-9H2,1-2H3,(H,15,21). The van der Waals surface area contributed by atoms with Crippen LogP contribution >= 0.6 is 0 Å². The normalized spacial score (nSPS) is 14.2. The minimum absolute atomic E-state index is 0.0789. The lowest BCUT2D eigenvalue weighted by Crippen LogP contribution is -2.43. The summed E-state index contributed by atoms with van der Waals surface area (Å²) in [4.78, 5) is 36.6. The molecule has 1 fully saturated rings. The average Bonchev–Trinajstić information content (AvgIpc) is 2.98. The van der Waals surface area contributed by atoms with Crippen LogP contribution in [0.5, 0.6) is 5.88 Å². The van der Waals surface area contributed by atoms with E-state index in [2.05, 4.69) is 15.2 Å². The highest BCUT2D eigenvalue weighted by Crippen LogP contribution is 2.12. The Morgan fingerprint density at radius 2 is 2.04 bits per heavy atom. The Morgan fingerprint density at radius 1 is 1.33 bits per heavy atom. The Hall–Kier alpha value is -2.62. The van der Waals surface area contributed by atoms with Crippen molar-refractivity contribution < 1.29 is 28.6 Å². The summed E-state index contributed by atoms with van der Waals surface area (Å²) in [6, 6.07) is 1.40. The summed E-state index contributed by atoms with van der Waals surface area (Å²) in [5, 5.41) is 6.36. The van der Waals surface area contributed by atoms with Crippen LogP contribution < -0.4 is 10.1 Å². The van der Waals surface area contributed by atoms with Crippen molar-refractivity contribution in [1.29, 1.82) is 0 Å². The van der Waals surface area contributed by atoms with Gasteiger partial charge in [0.1, 0.15) is 6.54 Å². The number of methoxy groups -OCH3 is 1. The first-order valence-corrected chi connectivity index (χ1v) is 7.38. The van der Waals surface area contributed by atoms with Gasteiger partial charge in [-0.25, -0.2) is 4.68 Å². The van der Waals surface area contributed by atoms with Gasteiger partial charge in [-0.3, -0.25) is 14.4 Å². The highest BCUT2D eigenvalue weighted by atomic mass is 16.5. The number of amides is 2. The summed E-state index contributed by atoms with van der Waals surface area (Å²) < 4.78 is 16.4. The van der Waals surface area contributed by atoms with Gasteiger partial charge in [-0.2, -0.15) is 5.10 Å². The Bertz CT molecular complexity index is 608. The van der Waals surface area contributed by atoms with Gasteiger partial charge in [0.25, 0.3) is 11.8 Å². The maximum Gasteiger partial charge on any atom is 0.325 e. The lowest BCUT2D eigenvalue weighted by atomic mass is 10.4. The summed E-state index contributed by atoms with van der Waals surface area (Å²) >= 11 is 0. The molecule has 0 spiro atoms. The van der Waals surface area contributed by atoms with Crippen molar-refractivity contribution >= 4 is 17.8 Å². The van der Waals surface area contributed by atoms with Crippen LogP contribution in [0.15, 0.2) is 6.07 Å². The predicted molar refractivity (Wildman–Crippen MR) is 80.5 cm³/mol. The van der Waals surface area contributed by atoms with Gasteiger partial charge in [-0.1, -0.05) is 0 Å². The summed E-state index contributed by atoms with van der Waals surface area (Å²) in [6.45, 7) is 1.70. The number of carbonyl (C=O) groups excluding carboxylic acids is 3. The lowest BCUT2D eigenvalue weighted by Gasteiger charge is -2.26. The van der Waals surface area contributed by atoms with Crippen LogP contribution in [-0.4, -0.2) is 79.0 Å². The zero-order valence-corrected chi connectivity index (χ0v) is 13.6. The Balaban J connectivity index is 1.87. The molecule has 1 aromatic rings. The SMILES string of the molecule is COC(=O)CNC(=O)c1cc(OCC(=O)N2CCOCC2)n(C)n1. The number of ether oxygens (including phenoxy) is 3. The van der Waals surface area contributed by atoms with Crippen LogP contribution in [0, 0.1) is 0 Å². The summed E-state index contributed by atoms with van der Waals surface area (Å²) in [5.41, 5.74) is 0.0789. The third-order valence-electron chi connectivity index (χ3n) is 3.40. The summed E-state index contributed by atoms with van der Waals surface area (Å²) in [5.74, 6) is -0.978. The van der Waals surface area contributed by atoms with Crippen molar-refractivity contribution in [1.82, 2.24) is 20.0 Å². The Labute approximate surface area is 138 Å². The molecular weight excluding hydrogens is 320 g/mol. The lowest BCUT2D eigenvalue weighted by molar-refractivity contribution is -0.139. The summed E-state index contributed by atoms with van der Waals surface area (Å²) in [6.07, 6.45) is 0. The number of nitrogens with zero attached hydrogens (tertiary/aromatic N) is 3. The quantitative estimate of drug-likeness (QED) is 0.631. The smallest absolute Gasteiger partial charge is 0.325 e. The van der Waals surface area contributed by atoms with E-state index in [-0.39, 0.29) is 30.6 Å². The number of carbonyl (C=O) groups is 3. The van der Waals surface area contributed by atoms with E-state index in [9.17, 15) is 14.4 Å². The van der Waals surface area contributed by atoms with E-state index in [0.29, 0.717) is 26.3 Å². The van der Waals surface area contributed by atoms with Gasteiger partial charge >= 0.3 is 5.97 Å². The van der Waals surface area contributed by atoms with E-state index >= 15 is 0 Å². The van der Waals surface area contributed by atoms with Crippen LogP contribution in [0.1, 0.15) is 10.5 Å². The number of morpholine rings is 1. The van der Waals surface area contributed by atoms with Crippen molar-refractivity contribution in [3.05, 3.63) is 11.8 Å². The molecule has 10 heteroatoms. The molecule has 1 aliphatic rings. The van der Waals surface area contributed by atoms with E-state index in [4.69, 9.17) is 9.47 Å². The molecule has 2 rings (SSSR count). The fraction of sp³-hybridized carbons (Fsp3) is 0.571. The predicted octanol–water partition coefficient (Wildman–Crippen LogP) is -1.44. The molecule has 0 aromatic carbocycles. The van der Waals surface area contributed by atoms with Gasteiger partial charge in [0, 0.05) is 26.2 Å². The fourth-order valence-corrected chi connectivity index (χ4v) is 2.05. The Kier molecular flexibility index (Phi) is 6.13. The highest BCUT2D eigenvalue weighted by Gasteiger charge is 2.19. The molecule has 1 saturated heterocycles. The first kappa shape index (κ1) is 17.7. The van der Waals surface area contributed by atoms with E-state index in [1.54, 1.807) is 11.9 Å². The van der Waals surface area contributed by atoms with Gasteiger partial charge in [-0.15, -0.1) is 0 Å². The van der Waals surface area contributed by atoms with Crippen LogP contribution in [-0.2, 0) is 26.1 Å². The zero-order valence-electron chi connectivity index (χ0n) is 13.6. The van der Waals surface area contributed by atoms with E-state index < -0.39 is 11.9 Å². The number of aryl methyl sites for hydroxylation is 1.